The van der Waals surface area contributed by atoms with Crippen LogP contribution in [0.2, 0.25) is 0 Å². The lowest BCUT2D eigenvalue weighted by atomic mass is 9.96. The highest BCUT2D eigenvalue weighted by Crippen LogP contribution is 2.13. The zero-order chi connectivity index (χ0) is 10.5. The van der Waals surface area contributed by atoms with Gasteiger partial charge in [0.15, 0.2) is 0 Å². The Bertz CT molecular complexity index is 224. The predicted octanol–water partition coefficient (Wildman–Crippen LogP) is 2.08. The molecular weight excluding hydrogens is 254 g/mol. The minimum Gasteiger partial charge on any atom is -0.212 e. The molecule has 1 N–H and O–H groups in total. The number of halogens is 1. The smallest absolute Gasteiger partial charge is 0.212 e. The van der Waals surface area contributed by atoms with Gasteiger partial charge in [-0.1, -0.05) is 42.6 Å². The molecule has 13 heavy (non-hydrogen) atoms. The molecule has 0 saturated heterocycles. The highest BCUT2D eigenvalue weighted by molar-refractivity contribution is 9.10. The first kappa shape index (κ1) is 13.4. The lowest BCUT2D eigenvalue weighted by molar-refractivity contribution is 0.391. The van der Waals surface area contributed by atoms with Crippen LogP contribution in [0.5, 0.6) is 0 Å². The Balaban J connectivity index is 4.21. The van der Waals surface area contributed by atoms with E-state index in [1.54, 1.807) is 0 Å². The van der Waals surface area contributed by atoms with Crippen molar-refractivity contribution in [3.8, 4) is 0 Å². The largest absolute Gasteiger partial charge is 0.221 e. The number of alkyl halides is 1. The van der Waals surface area contributed by atoms with Crippen molar-refractivity contribution in [1.82, 2.24) is 4.72 Å². The summed E-state index contributed by atoms with van der Waals surface area (Å²) < 4.78 is 25.0. The lowest BCUT2D eigenvalue weighted by Gasteiger charge is -2.21. The van der Waals surface area contributed by atoms with E-state index in [9.17, 15) is 8.42 Å². The van der Waals surface area contributed by atoms with Crippen LogP contribution in [0.15, 0.2) is 0 Å². The molecule has 0 aromatic carbocycles. The molecule has 0 fully saturated rings. The summed E-state index contributed by atoms with van der Waals surface area (Å²) in [5.74, 6) is 0.425. The quantitative estimate of drug-likeness (QED) is 0.752. The molecule has 3 nitrogen and oxygen atoms in total. The zero-order valence-corrected chi connectivity index (χ0v) is 10.8. The fourth-order valence-electron chi connectivity index (χ4n) is 1.41. The molecule has 0 aliphatic carbocycles. The number of nitrogens with one attached hydrogen (secondary N) is 1. The summed E-state index contributed by atoms with van der Waals surface area (Å²) >= 11 is 2.94. The number of sulfonamides is 1. The molecule has 0 aliphatic heterocycles. The maximum atomic E-state index is 11.2. The minimum atomic E-state index is -3.12. The first-order valence-electron chi connectivity index (χ1n) is 4.52. The van der Waals surface area contributed by atoms with Crippen molar-refractivity contribution in [2.45, 2.75) is 39.7 Å². The molecule has 1 atom stereocenters. The van der Waals surface area contributed by atoms with Gasteiger partial charge in [0.05, 0.1) is 0 Å². The van der Waals surface area contributed by atoms with E-state index in [2.05, 4.69) is 34.5 Å². The second-order valence-corrected chi connectivity index (χ2v) is 6.26. The Hall–Kier alpha value is 0.390. The van der Waals surface area contributed by atoms with E-state index in [4.69, 9.17) is 0 Å². The third kappa shape index (κ3) is 4.98. The Kier molecular flexibility index (Phi) is 6.16. The average molecular weight is 272 g/mol. The van der Waals surface area contributed by atoms with Crippen LogP contribution in [0.4, 0.5) is 0 Å². The van der Waals surface area contributed by atoms with Gasteiger partial charge in [-0.25, -0.2) is 13.1 Å². The molecular formula is C8H18BrNO2S. The van der Waals surface area contributed by atoms with Crippen molar-refractivity contribution in [3.63, 3.8) is 0 Å². The van der Waals surface area contributed by atoms with Gasteiger partial charge >= 0.3 is 0 Å². The summed E-state index contributed by atoms with van der Waals surface area (Å²) in [7, 11) is -3.12. The molecule has 0 bridgehead atoms. The van der Waals surface area contributed by atoms with Gasteiger partial charge in [-0.2, -0.15) is 0 Å². The third-order valence-electron chi connectivity index (χ3n) is 2.26. The normalized spacial score (nSPS) is 14.8. The fraction of sp³-hybridized carbons (Fsp3) is 1.00. The first-order chi connectivity index (χ1) is 5.96. The van der Waals surface area contributed by atoms with Crippen LogP contribution < -0.4 is 4.72 Å². The standard InChI is InChI=1S/C8H18BrNO2S/c1-4-8(5-2)7(3)10-13(11,12)6-9/h7-8,10H,4-6H2,1-3H3. The molecule has 0 heterocycles. The third-order valence-corrected chi connectivity index (χ3v) is 5.09. The molecule has 1 unspecified atom stereocenters. The highest BCUT2D eigenvalue weighted by atomic mass is 79.9. The van der Waals surface area contributed by atoms with E-state index in [-0.39, 0.29) is 10.7 Å². The van der Waals surface area contributed by atoms with Crippen molar-refractivity contribution < 1.29 is 8.42 Å². The van der Waals surface area contributed by atoms with Crippen LogP contribution in [0.25, 0.3) is 0 Å². The molecule has 80 valence electrons. The molecule has 0 rings (SSSR count). The van der Waals surface area contributed by atoms with Gasteiger partial charge in [-0.15, -0.1) is 0 Å². The summed E-state index contributed by atoms with van der Waals surface area (Å²) in [5, 5.41) is 0. The molecule has 0 radical (unpaired) electrons. The molecule has 0 aromatic heterocycles. The van der Waals surface area contributed by atoms with Gasteiger partial charge in [0.2, 0.25) is 10.0 Å². The summed E-state index contributed by atoms with van der Waals surface area (Å²) in [6.45, 7) is 6.07. The van der Waals surface area contributed by atoms with Crippen LogP contribution in [-0.4, -0.2) is 19.1 Å². The Morgan fingerprint density at radius 1 is 1.31 bits per heavy atom. The van der Waals surface area contributed by atoms with Crippen LogP contribution in [0.3, 0.4) is 0 Å². The number of rotatable bonds is 6. The van der Waals surface area contributed by atoms with Gasteiger partial charge in [-0.05, 0) is 12.8 Å². The molecule has 0 aliphatic rings. The zero-order valence-electron chi connectivity index (χ0n) is 8.38. The highest BCUT2D eigenvalue weighted by Gasteiger charge is 2.18. The van der Waals surface area contributed by atoms with Gasteiger partial charge < -0.3 is 0 Å². The SMILES string of the molecule is CCC(CC)C(C)NS(=O)(=O)CBr. The summed E-state index contributed by atoms with van der Waals surface area (Å²) in [5.41, 5.74) is 0. The predicted molar refractivity (Wildman–Crippen MR) is 59.4 cm³/mol. The monoisotopic (exact) mass is 271 g/mol. The lowest BCUT2D eigenvalue weighted by Crippen LogP contribution is -2.38. The number of hydrogen-bond donors (Lipinski definition) is 1. The van der Waals surface area contributed by atoms with Crippen LogP contribution in [-0.2, 0) is 10.0 Å². The van der Waals surface area contributed by atoms with Crippen molar-refractivity contribution in [2.75, 3.05) is 4.66 Å². The Morgan fingerprint density at radius 3 is 2.08 bits per heavy atom. The summed E-state index contributed by atoms with van der Waals surface area (Å²) in [4.78, 5) is 0. The van der Waals surface area contributed by atoms with E-state index in [1.807, 2.05) is 6.92 Å². The second-order valence-electron chi connectivity index (χ2n) is 3.21. The molecule has 0 aromatic rings. The molecule has 0 amide bonds. The van der Waals surface area contributed by atoms with Gasteiger partial charge in [0.1, 0.15) is 4.66 Å². The van der Waals surface area contributed by atoms with Crippen molar-refractivity contribution in [1.29, 1.82) is 0 Å². The van der Waals surface area contributed by atoms with Gasteiger partial charge in [0.25, 0.3) is 0 Å². The second kappa shape index (κ2) is 5.98. The van der Waals surface area contributed by atoms with Gasteiger partial charge in [-0.3, -0.25) is 0 Å². The van der Waals surface area contributed by atoms with Crippen molar-refractivity contribution in [3.05, 3.63) is 0 Å². The molecule has 0 spiro atoms. The molecule has 0 saturated carbocycles. The summed E-state index contributed by atoms with van der Waals surface area (Å²) in [6.07, 6.45) is 2.00. The number of hydrogen-bond acceptors (Lipinski definition) is 2. The van der Waals surface area contributed by atoms with E-state index in [1.165, 1.54) is 0 Å². The first-order valence-corrected chi connectivity index (χ1v) is 7.30. The van der Waals surface area contributed by atoms with E-state index in [0.717, 1.165) is 12.8 Å². The maximum Gasteiger partial charge on any atom is 0.221 e. The topological polar surface area (TPSA) is 46.2 Å². The molecule has 5 heteroatoms. The van der Waals surface area contributed by atoms with Crippen molar-refractivity contribution in [2.24, 2.45) is 5.92 Å². The van der Waals surface area contributed by atoms with Crippen LogP contribution >= 0.6 is 15.9 Å². The van der Waals surface area contributed by atoms with E-state index < -0.39 is 10.0 Å². The van der Waals surface area contributed by atoms with E-state index >= 15 is 0 Å². The average Bonchev–Trinajstić information content (AvgIpc) is 2.06. The van der Waals surface area contributed by atoms with Crippen molar-refractivity contribution >= 4 is 26.0 Å². The van der Waals surface area contributed by atoms with Gasteiger partial charge in [0, 0.05) is 6.04 Å². The maximum absolute atomic E-state index is 11.2. The van der Waals surface area contributed by atoms with Crippen LogP contribution in [0.1, 0.15) is 33.6 Å². The summed E-state index contributed by atoms with van der Waals surface area (Å²) in [6, 6.07) is 0.0255. The minimum absolute atomic E-state index is 0.0233. The Morgan fingerprint density at radius 2 is 1.77 bits per heavy atom. The van der Waals surface area contributed by atoms with E-state index in [0.29, 0.717) is 5.92 Å². The van der Waals surface area contributed by atoms with Crippen LogP contribution in [0, 0.1) is 5.92 Å². The Labute approximate surface area is 89.5 Å². The fourth-order valence-corrected chi connectivity index (χ4v) is 2.63.